The van der Waals surface area contributed by atoms with Gasteiger partial charge < -0.3 is 9.84 Å². The number of halogens is 1. The van der Waals surface area contributed by atoms with Gasteiger partial charge in [0.15, 0.2) is 0 Å². The molecular formula is C12H12FNO3. The molecule has 1 aromatic carbocycles. The van der Waals surface area contributed by atoms with Crippen LogP contribution < -0.4 is 0 Å². The number of ether oxygens (including phenoxy) is 1. The molecule has 17 heavy (non-hydrogen) atoms. The second-order valence-corrected chi connectivity index (χ2v) is 3.35. The fourth-order valence-electron chi connectivity index (χ4n) is 1.42. The monoisotopic (exact) mass is 237 g/mol. The Kier molecular flexibility index (Phi) is 4.61. The van der Waals surface area contributed by atoms with Gasteiger partial charge in [-0.15, -0.1) is 0 Å². The van der Waals surface area contributed by atoms with Gasteiger partial charge in [-0.2, -0.15) is 5.26 Å². The minimum Gasteiger partial charge on any atom is -0.466 e. The molecule has 1 aromatic rings. The molecule has 1 N–H and O–H groups in total. The second-order valence-electron chi connectivity index (χ2n) is 3.35. The van der Waals surface area contributed by atoms with Gasteiger partial charge >= 0.3 is 5.97 Å². The Balaban J connectivity index is 3.03. The van der Waals surface area contributed by atoms with E-state index in [0.717, 1.165) is 6.07 Å². The van der Waals surface area contributed by atoms with Crippen LogP contribution in [0, 0.1) is 17.1 Å². The minimum atomic E-state index is -0.705. The molecule has 0 spiro atoms. The van der Waals surface area contributed by atoms with Gasteiger partial charge in [-0.1, -0.05) is 0 Å². The van der Waals surface area contributed by atoms with Gasteiger partial charge in [0.1, 0.15) is 11.9 Å². The molecule has 0 saturated carbocycles. The Bertz CT molecular complexity index is 466. The predicted molar refractivity (Wildman–Crippen MR) is 57.4 cm³/mol. The van der Waals surface area contributed by atoms with E-state index in [1.165, 1.54) is 6.07 Å². The zero-order chi connectivity index (χ0) is 12.8. The van der Waals surface area contributed by atoms with Gasteiger partial charge in [0.2, 0.25) is 0 Å². The maximum Gasteiger partial charge on any atom is 0.310 e. The van der Waals surface area contributed by atoms with Crippen LogP contribution in [-0.4, -0.2) is 17.7 Å². The summed E-state index contributed by atoms with van der Waals surface area (Å²) in [6, 6.07) is 4.00. The van der Waals surface area contributed by atoms with E-state index < -0.39 is 11.8 Å². The predicted octanol–water partition coefficient (Wildman–Crippen LogP) is 1.30. The molecule has 0 fully saturated rings. The lowest BCUT2D eigenvalue weighted by atomic mass is 10.0. The van der Waals surface area contributed by atoms with Crippen molar-refractivity contribution < 1.29 is 19.0 Å². The first-order valence-electron chi connectivity index (χ1n) is 5.10. The number of esters is 1. The number of nitriles is 1. The molecule has 1 rings (SSSR count). The third-order valence-corrected chi connectivity index (χ3v) is 2.22. The number of aliphatic hydroxyl groups excluding tert-OH is 1. The topological polar surface area (TPSA) is 70.3 Å². The largest absolute Gasteiger partial charge is 0.466 e. The Morgan fingerprint density at radius 2 is 2.24 bits per heavy atom. The summed E-state index contributed by atoms with van der Waals surface area (Å²) >= 11 is 0. The summed E-state index contributed by atoms with van der Waals surface area (Å²) in [5.41, 5.74) is 0.542. The van der Waals surface area contributed by atoms with Crippen LogP contribution in [0.25, 0.3) is 0 Å². The van der Waals surface area contributed by atoms with Crippen molar-refractivity contribution in [1.29, 1.82) is 5.26 Å². The lowest BCUT2D eigenvalue weighted by molar-refractivity contribution is -0.142. The van der Waals surface area contributed by atoms with Crippen molar-refractivity contribution in [1.82, 2.24) is 0 Å². The van der Waals surface area contributed by atoms with Crippen LogP contribution in [0.5, 0.6) is 0 Å². The smallest absolute Gasteiger partial charge is 0.310 e. The standard InChI is InChI=1S/C12H12FNO3/c1-2-17-12(16)5-8-4-11(13)9(6-14)3-10(8)7-15/h3-4,15H,2,5,7H2,1H3. The molecule has 0 saturated heterocycles. The van der Waals surface area contributed by atoms with E-state index in [2.05, 4.69) is 0 Å². The van der Waals surface area contributed by atoms with E-state index >= 15 is 0 Å². The maximum atomic E-state index is 13.3. The van der Waals surface area contributed by atoms with E-state index in [9.17, 15) is 9.18 Å². The SMILES string of the molecule is CCOC(=O)Cc1cc(F)c(C#N)cc1CO. The number of rotatable bonds is 4. The number of nitrogens with zero attached hydrogens (tertiary/aromatic N) is 1. The van der Waals surface area contributed by atoms with Gasteiger partial charge in [0.25, 0.3) is 0 Å². The molecular weight excluding hydrogens is 225 g/mol. The van der Waals surface area contributed by atoms with Crippen LogP contribution in [0.15, 0.2) is 12.1 Å². The molecule has 0 unspecified atom stereocenters. The summed E-state index contributed by atoms with van der Waals surface area (Å²) in [6.07, 6.45) is -0.119. The van der Waals surface area contributed by atoms with Crippen molar-refractivity contribution in [2.45, 2.75) is 20.0 Å². The van der Waals surface area contributed by atoms with Crippen LogP contribution in [-0.2, 0) is 22.6 Å². The molecule has 0 aliphatic rings. The average Bonchev–Trinajstić information content (AvgIpc) is 2.29. The van der Waals surface area contributed by atoms with Crippen LogP contribution in [0.1, 0.15) is 23.6 Å². The first kappa shape index (κ1) is 13.1. The molecule has 0 bridgehead atoms. The number of hydrogen-bond donors (Lipinski definition) is 1. The number of hydrogen-bond acceptors (Lipinski definition) is 4. The number of carbonyl (C=O) groups is 1. The molecule has 0 heterocycles. The van der Waals surface area contributed by atoms with Gasteiger partial charge in [0.05, 0.1) is 25.2 Å². The summed E-state index contributed by atoms with van der Waals surface area (Å²) in [5.74, 6) is -1.20. The minimum absolute atomic E-state index is 0.119. The Morgan fingerprint density at radius 3 is 2.76 bits per heavy atom. The average molecular weight is 237 g/mol. The van der Waals surface area contributed by atoms with E-state index in [-0.39, 0.29) is 25.2 Å². The van der Waals surface area contributed by atoms with Crippen molar-refractivity contribution in [3.8, 4) is 6.07 Å². The highest BCUT2D eigenvalue weighted by Gasteiger charge is 2.12. The summed E-state index contributed by atoms with van der Waals surface area (Å²) < 4.78 is 18.1. The Labute approximate surface area is 98.2 Å². The van der Waals surface area contributed by atoms with Gasteiger partial charge in [-0.05, 0) is 30.2 Å². The maximum absolute atomic E-state index is 13.3. The zero-order valence-electron chi connectivity index (χ0n) is 9.36. The molecule has 4 nitrogen and oxygen atoms in total. The highest BCUT2D eigenvalue weighted by atomic mass is 19.1. The molecule has 0 radical (unpaired) electrons. The number of carbonyl (C=O) groups excluding carboxylic acids is 1. The lowest BCUT2D eigenvalue weighted by Crippen LogP contribution is -2.10. The first-order chi connectivity index (χ1) is 8.12. The zero-order valence-corrected chi connectivity index (χ0v) is 9.36. The third kappa shape index (κ3) is 3.26. The van der Waals surface area contributed by atoms with E-state index in [4.69, 9.17) is 15.1 Å². The first-order valence-corrected chi connectivity index (χ1v) is 5.10. The van der Waals surface area contributed by atoms with Crippen LogP contribution in [0.4, 0.5) is 4.39 Å². The fraction of sp³-hybridized carbons (Fsp3) is 0.333. The molecule has 5 heteroatoms. The van der Waals surface area contributed by atoms with Crippen molar-refractivity contribution >= 4 is 5.97 Å². The van der Waals surface area contributed by atoms with Crippen molar-refractivity contribution in [3.63, 3.8) is 0 Å². The molecule has 90 valence electrons. The molecule has 0 aliphatic carbocycles. The van der Waals surface area contributed by atoms with E-state index in [1.54, 1.807) is 13.0 Å². The Morgan fingerprint density at radius 1 is 1.53 bits per heavy atom. The van der Waals surface area contributed by atoms with Gasteiger partial charge in [-0.3, -0.25) is 4.79 Å². The van der Waals surface area contributed by atoms with E-state index in [1.807, 2.05) is 0 Å². The summed E-state index contributed by atoms with van der Waals surface area (Å²) in [7, 11) is 0. The molecule has 0 amide bonds. The quantitative estimate of drug-likeness (QED) is 0.801. The third-order valence-electron chi connectivity index (χ3n) is 2.22. The summed E-state index contributed by atoms with van der Waals surface area (Å²) in [5, 5.41) is 17.7. The van der Waals surface area contributed by atoms with Crippen LogP contribution >= 0.6 is 0 Å². The normalized spacial score (nSPS) is 9.76. The summed E-state index contributed by atoms with van der Waals surface area (Å²) in [4.78, 5) is 11.3. The van der Waals surface area contributed by atoms with Crippen molar-refractivity contribution in [3.05, 3.63) is 34.6 Å². The molecule has 0 aliphatic heterocycles. The second kappa shape index (κ2) is 5.97. The molecule has 0 aromatic heterocycles. The highest BCUT2D eigenvalue weighted by molar-refractivity contribution is 5.73. The van der Waals surface area contributed by atoms with E-state index in [0.29, 0.717) is 11.1 Å². The van der Waals surface area contributed by atoms with Gasteiger partial charge in [-0.25, -0.2) is 4.39 Å². The lowest BCUT2D eigenvalue weighted by Gasteiger charge is -2.08. The Hall–Kier alpha value is -1.93. The van der Waals surface area contributed by atoms with Crippen LogP contribution in [0.2, 0.25) is 0 Å². The van der Waals surface area contributed by atoms with Crippen molar-refractivity contribution in [2.24, 2.45) is 0 Å². The number of benzene rings is 1. The number of aliphatic hydroxyl groups is 1. The summed E-state index contributed by atoms with van der Waals surface area (Å²) in [6.45, 7) is 1.56. The fourth-order valence-corrected chi connectivity index (χ4v) is 1.42. The van der Waals surface area contributed by atoms with Gasteiger partial charge in [0, 0.05) is 0 Å². The molecule has 0 atom stereocenters. The van der Waals surface area contributed by atoms with Crippen LogP contribution in [0.3, 0.4) is 0 Å². The van der Waals surface area contributed by atoms with Crippen molar-refractivity contribution in [2.75, 3.05) is 6.61 Å². The highest BCUT2D eigenvalue weighted by Crippen LogP contribution is 2.17.